The summed E-state index contributed by atoms with van der Waals surface area (Å²) in [5.74, 6) is -0.130. The number of benzene rings is 2. The maximum Gasteiger partial charge on any atom is 0.197 e. The molecule has 4 heteroatoms. The van der Waals surface area contributed by atoms with E-state index in [2.05, 4.69) is 0 Å². The summed E-state index contributed by atoms with van der Waals surface area (Å²) in [5.41, 5.74) is 1.49. The molecule has 0 atom stereocenters. The van der Waals surface area contributed by atoms with Crippen LogP contribution in [0.15, 0.2) is 70.7 Å². The van der Waals surface area contributed by atoms with Crippen LogP contribution in [-0.2, 0) is 0 Å². The third kappa shape index (κ3) is 2.29. The minimum Gasteiger partial charge on any atom is -0.457 e. The summed E-state index contributed by atoms with van der Waals surface area (Å²) in [6.45, 7) is 0. The van der Waals surface area contributed by atoms with E-state index in [1.165, 1.54) is 18.2 Å². The summed E-state index contributed by atoms with van der Waals surface area (Å²) < 4.78 is 18.9. The summed E-state index contributed by atoms with van der Waals surface area (Å²) >= 11 is 0. The molecule has 24 heavy (non-hydrogen) atoms. The predicted molar refractivity (Wildman–Crippen MR) is 87.2 cm³/mol. The Balaban J connectivity index is 1.71. The first kappa shape index (κ1) is 14.3. The van der Waals surface area contributed by atoms with Gasteiger partial charge in [-0.3, -0.25) is 9.59 Å². The summed E-state index contributed by atoms with van der Waals surface area (Å²) in [6.07, 6.45) is 1.44. The normalized spacial score (nSPS) is 13.3. The van der Waals surface area contributed by atoms with Crippen LogP contribution in [0, 0.1) is 5.82 Å². The largest absolute Gasteiger partial charge is 0.457 e. The lowest BCUT2D eigenvalue weighted by molar-refractivity contribution is 0.0990. The van der Waals surface area contributed by atoms with Crippen LogP contribution in [0.25, 0.3) is 17.4 Å². The maximum atomic E-state index is 13.3. The average Bonchev–Trinajstić information content (AvgIpc) is 3.15. The molecule has 1 aromatic heterocycles. The predicted octanol–water partition coefficient (Wildman–Crippen LogP) is 4.55. The van der Waals surface area contributed by atoms with Gasteiger partial charge in [0.05, 0.1) is 5.57 Å². The molecule has 0 aliphatic heterocycles. The van der Waals surface area contributed by atoms with Crippen LogP contribution in [-0.4, -0.2) is 11.6 Å². The number of hydrogen-bond acceptors (Lipinski definition) is 3. The van der Waals surface area contributed by atoms with Crippen molar-refractivity contribution in [1.29, 1.82) is 0 Å². The molecule has 116 valence electrons. The van der Waals surface area contributed by atoms with E-state index in [4.69, 9.17) is 4.42 Å². The molecule has 4 rings (SSSR count). The summed E-state index contributed by atoms with van der Waals surface area (Å²) in [4.78, 5) is 24.7. The molecule has 0 spiro atoms. The van der Waals surface area contributed by atoms with Crippen molar-refractivity contribution in [2.75, 3.05) is 0 Å². The van der Waals surface area contributed by atoms with Gasteiger partial charge in [-0.25, -0.2) is 4.39 Å². The zero-order chi connectivity index (χ0) is 16.7. The van der Waals surface area contributed by atoms with Gasteiger partial charge in [0.15, 0.2) is 11.6 Å². The number of halogens is 1. The molecule has 0 saturated carbocycles. The van der Waals surface area contributed by atoms with Crippen molar-refractivity contribution >= 4 is 17.6 Å². The molecule has 0 unspecified atom stereocenters. The third-order valence-corrected chi connectivity index (χ3v) is 3.93. The van der Waals surface area contributed by atoms with Crippen molar-refractivity contribution in [1.82, 2.24) is 0 Å². The molecule has 3 aromatic rings. The summed E-state index contributed by atoms with van der Waals surface area (Å²) in [5, 5.41) is 0. The van der Waals surface area contributed by atoms with E-state index in [0.717, 1.165) is 0 Å². The van der Waals surface area contributed by atoms with Crippen molar-refractivity contribution in [3.63, 3.8) is 0 Å². The van der Waals surface area contributed by atoms with Crippen LogP contribution in [0.4, 0.5) is 4.39 Å². The van der Waals surface area contributed by atoms with E-state index in [0.29, 0.717) is 28.2 Å². The lowest BCUT2D eigenvalue weighted by Crippen LogP contribution is -1.99. The van der Waals surface area contributed by atoms with Gasteiger partial charge < -0.3 is 4.42 Å². The molecule has 2 aromatic carbocycles. The number of Topliss-reactive ketones (excluding diaryl/α,β-unsaturated/α-hetero) is 2. The van der Waals surface area contributed by atoms with Gasteiger partial charge in [-0.15, -0.1) is 0 Å². The topological polar surface area (TPSA) is 47.3 Å². The standard InChI is InChI=1S/C20H11FO3/c21-13-5-3-4-12(10-13)18-9-8-14(24-18)11-17-19(22)15-6-1-2-7-16(15)20(17)23/h1-11H. The van der Waals surface area contributed by atoms with Crippen molar-refractivity contribution in [3.05, 3.63) is 88.9 Å². The maximum absolute atomic E-state index is 13.3. The molecule has 0 N–H and O–H groups in total. The lowest BCUT2D eigenvalue weighted by Gasteiger charge is -1.97. The number of fused-ring (bicyclic) bond motifs is 1. The van der Waals surface area contributed by atoms with Gasteiger partial charge in [0.25, 0.3) is 0 Å². The Labute approximate surface area is 137 Å². The molecular weight excluding hydrogens is 307 g/mol. The second-order valence-electron chi connectivity index (χ2n) is 5.47. The molecule has 0 bridgehead atoms. The average molecular weight is 318 g/mol. The van der Waals surface area contributed by atoms with E-state index >= 15 is 0 Å². The van der Waals surface area contributed by atoms with Gasteiger partial charge in [0.2, 0.25) is 0 Å². The SMILES string of the molecule is O=C1C(=Cc2ccc(-c3cccc(F)c3)o2)C(=O)c2ccccc21. The van der Waals surface area contributed by atoms with Crippen molar-refractivity contribution in [3.8, 4) is 11.3 Å². The molecule has 1 aliphatic carbocycles. The zero-order valence-electron chi connectivity index (χ0n) is 12.5. The number of carbonyl (C=O) groups is 2. The lowest BCUT2D eigenvalue weighted by atomic mass is 10.1. The fourth-order valence-corrected chi connectivity index (χ4v) is 2.77. The van der Waals surface area contributed by atoms with Gasteiger partial charge in [0, 0.05) is 16.7 Å². The van der Waals surface area contributed by atoms with Gasteiger partial charge in [-0.1, -0.05) is 36.4 Å². The van der Waals surface area contributed by atoms with Crippen LogP contribution in [0.3, 0.4) is 0 Å². The van der Waals surface area contributed by atoms with Crippen LogP contribution in [0.1, 0.15) is 26.5 Å². The minimum absolute atomic E-state index is 0.0799. The summed E-state index contributed by atoms with van der Waals surface area (Å²) in [6, 6.07) is 16.1. The quantitative estimate of drug-likeness (QED) is 0.514. The van der Waals surface area contributed by atoms with Gasteiger partial charge in [0.1, 0.15) is 17.3 Å². The van der Waals surface area contributed by atoms with E-state index in [9.17, 15) is 14.0 Å². The molecule has 3 nitrogen and oxygen atoms in total. The number of furan rings is 1. The molecule has 0 fully saturated rings. The number of allylic oxidation sites excluding steroid dienone is 1. The Morgan fingerprint density at radius 1 is 0.833 bits per heavy atom. The van der Waals surface area contributed by atoms with Crippen molar-refractivity contribution in [2.24, 2.45) is 0 Å². The molecule has 1 heterocycles. The smallest absolute Gasteiger partial charge is 0.197 e. The summed E-state index contributed by atoms with van der Waals surface area (Å²) in [7, 11) is 0. The fraction of sp³-hybridized carbons (Fsp3) is 0. The van der Waals surface area contributed by atoms with Gasteiger partial charge in [-0.2, -0.15) is 0 Å². The second-order valence-corrected chi connectivity index (χ2v) is 5.47. The first-order valence-electron chi connectivity index (χ1n) is 7.39. The molecule has 0 amide bonds. The second kappa shape index (κ2) is 5.42. The number of rotatable bonds is 2. The fourth-order valence-electron chi connectivity index (χ4n) is 2.77. The van der Waals surface area contributed by atoms with Gasteiger partial charge >= 0.3 is 0 Å². The number of ketones is 2. The Hall–Kier alpha value is -3.27. The Bertz CT molecular complexity index is 974. The molecule has 0 radical (unpaired) electrons. The van der Waals surface area contributed by atoms with Crippen LogP contribution >= 0.6 is 0 Å². The number of carbonyl (C=O) groups excluding carboxylic acids is 2. The molecular formula is C20H11FO3. The van der Waals surface area contributed by atoms with Gasteiger partial charge in [-0.05, 0) is 30.3 Å². The van der Waals surface area contributed by atoms with Crippen LogP contribution in [0.5, 0.6) is 0 Å². The first-order chi connectivity index (χ1) is 11.6. The highest BCUT2D eigenvalue weighted by molar-refractivity contribution is 6.41. The van der Waals surface area contributed by atoms with Crippen LogP contribution < -0.4 is 0 Å². The monoisotopic (exact) mass is 318 g/mol. The number of hydrogen-bond donors (Lipinski definition) is 0. The highest BCUT2D eigenvalue weighted by Gasteiger charge is 2.32. The Kier molecular flexibility index (Phi) is 3.24. The minimum atomic E-state index is -0.361. The Morgan fingerprint density at radius 2 is 1.54 bits per heavy atom. The van der Waals surface area contributed by atoms with Crippen molar-refractivity contribution in [2.45, 2.75) is 0 Å². The van der Waals surface area contributed by atoms with E-state index in [-0.39, 0.29) is 23.0 Å². The zero-order valence-corrected chi connectivity index (χ0v) is 12.5. The van der Waals surface area contributed by atoms with E-state index in [1.54, 1.807) is 48.5 Å². The highest BCUT2D eigenvalue weighted by atomic mass is 19.1. The van der Waals surface area contributed by atoms with Crippen LogP contribution in [0.2, 0.25) is 0 Å². The molecule has 1 aliphatic rings. The van der Waals surface area contributed by atoms with Crippen molar-refractivity contribution < 1.29 is 18.4 Å². The Morgan fingerprint density at radius 3 is 2.21 bits per heavy atom. The highest BCUT2D eigenvalue weighted by Crippen LogP contribution is 2.29. The van der Waals surface area contributed by atoms with E-state index < -0.39 is 0 Å². The van der Waals surface area contributed by atoms with E-state index in [1.807, 2.05) is 0 Å². The third-order valence-electron chi connectivity index (χ3n) is 3.93. The molecule has 0 saturated heterocycles. The first-order valence-corrected chi connectivity index (χ1v) is 7.39.